The lowest BCUT2D eigenvalue weighted by molar-refractivity contribution is 0.784. The number of rotatable bonds is 3. The van der Waals surface area contributed by atoms with Gasteiger partial charge in [-0.2, -0.15) is 0 Å². The molecule has 2 N–H and O–H groups in total. The first kappa shape index (κ1) is 12.3. The van der Waals surface area contributed by atoms with Crippen LogP contribution in [0.3, 0.4) is 0 Å². The van der Waals surface area contributed by atoms with Crippen LogP contribution in [-0.2, 0) is 0 Å². The third-order valence-corrected chi connectivity index (χ3v) is 4.38. The standard InChI is InChI=1S/C19H18N2/c1-2-15(13-7-8-18-14(11-13)9-10-20-18)17-12-21-19-6-4-3-5-16(17)19/h3-12,15,20-21H,2H2,1H3. The van der Waals surface area contributed by atoms with Gasteiger partial charge in [0.05, 0.1) is 0 Å². The highest BCUT2D eigenvalue weighted by molar-refractivity contribution is 5.85. The average molecular weight is 274 g/mol. The zero-order chi connectivity index (χ0) is 14.2. The lowest BCUT2D eigenvalue weighted by atomic mass is 9.88. The highest BCUT2D eigenvalue weighted by atomic mass is 14.7. The molecule has 0 aliphatic heterocycles. The van der Waals surface area contributed by atoms with Crippen molar-refractivity contribution in [1.82, 2.24) is 9.97 Å². The van der Waals surface area contributed by atoms with Gasteiger partial charge in [0, 0.05) is 34.7 Å². The molecule has 0 spiro atoms. The zero-order valence-electron chi connectivity index (χ0n) is 12.1. The van der Waals surface area contributed by atoms with Crippen LogP contribution in [0.25, 0.3) is 21.8 Å². The Hall–Kier alpha value is -2.48. The van der Waals surface area contributed by atoms with Gasteiger partial charge in [-0.25, -0.2) is 0 Å². The summed E-state index contributed by atoms with van der Waals surface area (Å²) in [5, 5.41) is 2.62. The zero-order valence-corrected chi connectivity index (χ0v) is 12.1. The normalized spacial score (nSPS) is 13.0. The van der Waals surface area contributed by atoms with Crippen molar-refractivity contribution < 1.29 is 0 Å². The van der Waals surface area contributed by atoms with E-state index >= 15 is 0 Å². The average Bonchev–Trinajstić information content (AvgIpc) is 3.15. The number of hydrogen-bond acceptors (Lipinski definition) is 0. The molecule has 0 saturated carbocycles. The molecule has 0 bridgehead atoms. The molecule has 2 aromatic carbocycles. The van der Waals surface area contributed by atoms with Crippen LogP contribution in [0.5, 0.6) is 0 Å². The minimum Gasteiger partial charge on any atom is -0.361 e. The molecule has 0 saturated heterocycles. The van der Waals surface area contributed by atoms with Gasteiger partial charge in [-0.15, -0.1) is 0 Å². The Morgan fingerprint density at radius 1 is 0.952 bits per heavy atom. The highest BCUT2D eigenvalue weighted by Gasteiger charge is 2.16. The van der Waals surface area contributed by atoms with E-state index in [9.17, 15) is 0 Å². The Morgan fingerprint density at radius 3 is 2.76 bits per heavy atom. The fraction of sp³-hybridized carbons (Fsp3) is 0.158. The van der Waals surface area contributed by atoms with E-state index in [1.807, 2.05) is 6.20 Å². The fourth-order valence-corrected chi connectivity index (χ4v) is 3.31. The van der Waals surface area contributed by atoms with Crippen molar-refractivity contribution in [2.24, 2.45) is 0 Å². The lowest BCUT2D eigenvalue weighted by Crippen LogP contribution is -1.98. The van der Waals surface area contributed by atoms with Crippen molar-refractivity contribution in [1.29, 1.82) is 0 Å². The van der Waals surface area contributed by atoms with E-state index in [1.165, 1.54) is 32.9 Å². The summed E-state index contributed by atoms with van der Waals surface area (Å²) < 4.78 is 0. The van der Waals surface area contributed by atoms with Crippen molar-refractivity contribution in [2.75, 3.05) is 0 Å². The number of nitrogens with one attached hydrogen (secondary N) is 2. The Kier molecular flexibility index (Phi) is 2.81. The van der Waals surface area contributed by atoms with Crippen molar-refractivity contribution >= 4 is 21.8 Å². The molecule has 4 rings (SSSR count). The van der Waals surface area contributed by atoms with Gasteiger partial charge in [-0.3, -0.25) is 0 Å². The summed E-state index contributed by atoms with van der Waals surface area (Å²) in [5.41, 5.74) is 5.19. The van der Waals surface area contributed by atoms with Crippen LogP contribution in [0.4, 0.5) is 0 Å². The SMILES string of the molecule is CCC(c1ccc2[nH]ccc2c1)c1c[nH]c2ccccc12. The maximum absolute atomic E-state index is 3.40. The van der Waals surface area contributed by atoms with E-state index < -0.39 is 0 Å². The van der Waals surface area contributed by atoms with Gasteiger partial charge >= 0.3 is 0 Å². The molecule has 2 nitrogen and oxygen atoms in total. The predicted octanol–water partition coefficient (Wildman–Crippen LogP) is 5.19. The second-order valence-corrected chi connectivity index (χ2v) is 5.57. The summed E-state index contributed by atoms with van der Waals surface area (Å²) in [6.07, 6.45) is 5.26. The van der Waals surface area contributed by atoms with Crippen LogP contribution in [0, 0.1) is 0 Å². The first-order valence-electron chi connectivity index (χ1n) is 7.50. The van der Waals surface area contributed by atoms with E-state index in [0.29, 0.717) is 5.92 Å². The topological polar surface area (TPSA) is 31.6 Å². The largest absolute Gasteiger partial charge is 0.361 e. The van der Waals surface area contributed by atoms with Gasteiger partial charge in [0.1, 0.15) is 0 Å². The number of fused-ring (bicyclic) bond motifs is 2. The van der Waals surface area contributed by atoms with Gasteiger partial charge in [-0.05, 0) is 47.2 Å². The maximum atomic E-state index is 3.40. The third-order valence-electron chi connectivity index (χ3n) is 4.38. The summed E-state index contributed by atoms with van der Waals surface area (Å²) in [7, 11) is 0. The number of para-hydroxylation sites is 1. The Bertz CT molecular complexity index is 898. The van der Waals surface area contributed by atoms with Gasteiger partial charge in [0.2, 0.25) is 0 Å². The van der Waals surface area contributed by atoms with E-state index in [0.717, 1.165) is 6.42 Å². The molecular weight excluding hydrogens is 256 g/mol. The fourth-order valence-electron chi connectivity index (χ4n) is 3.31. The summed E-state index contributed by atoms with van der Waals surface area (Å²) in [5.74, 6) is 0.431. The summed E-state index contributed by atoms with van der Waals surface area (Å²) >= 11 is 0. The van der Waals surface area contributed by atoms with Crippen LogP contribution >= 0.6 is 0 Å². The Labute approximate surface area is 123 Å². The Balaban J connectivity index is 1.87. The highest BCUT2D eigenvalue weighted by Crippen LogP contribution is 2.34. The van der Waals surface area contributed by atoms with Crippen molar-refractivity contribution in [2.45, 2.75) is 19.3 Å². The van der Waals surface area contributed by atoms with Crippen LogP contribution in [0.2, 0.25) is 0 Å². The number of H-pyrrole nitrogens is 2. The smallest absolute Gasteiger partial charge is 0.0457 e. The third kappa shape index (κ3) is 1.95. The molecular formula is C19H18N2. The van der Waals surface area contributed by atoms with Gasteiger partial charge in [-0.1, -0.05) is 31.2 Å². The molecule has 0 fully saturated rings. The van der Waals surface area contributed by atoms with Crippen LogP contribution in [0.1, 0.15) is 30.4 Å². The van der Waals surface area contributed by atoms with Crippen molar-refractivity contribution in [3.63, 3.8) is 0 Å². The van der Waals surface area contributed by atoms with Crippen molar-refractivity contribution in [3.8, 4) is 0 Å². The predicted molar refractivity (Wildman–Crippen MR) is 88.7 cm³/mol. The van der Waals surface area contributed by atoms with Gasteiger partial charge < -0.3 is 9.97 Å². The second-order valence-electron chi connectivity index (χ2n) is 5.57. The minimum atomic E-state index is 0.431. The molecule has 1 atom stereocenters. The molecule has 21 heavy (non-hydrogen) atoms. The molecule has 2 aromatic heterocycles. The number of hydrogen-bond donors (Lipinski definition) is 2. The van der Waals surface area contributed by atoms with E-state index in [2.05, 4.69) is 71.6 Å². The molecule has 4 aromatic rings. The first-order valence-corrected chi connectivity index (χ1v) is 7.50. The lowest BCUT2D eigenvalue weighted by Gasteiger charge is -2.15. The number of benzene rings is 2. The maximum Gasteiger partial charge on any atom is 0.0457 e. The van der Waals surface area contributed by atoms with Crippen LogP contribution in [0.15, 0.2) is 60.9 Å². The molecule has 0 amide bonds. The van der Waals surface area contributed by atoms with Crippen LogP contribution in [-0.4, -0.2) is 9.97 Å². The van der Waals surface area contributed by atoms with E-state index in [4.69, 9.17) is 0 Å². The van der Waals surface area contributed by atoms with E-state index in [1.54, 1.807) is 0 Å². The molecule has 0 aliphatic rings. The molecule has 0 aliphatic carbocycles. The van der Waals surface area contributed by atoms with Crippen LogP contribution < -0.4 is 0 Å². The van der Waals surface area contributed by atoms with E-state index in [-0.39, 0.29) is 0 Å². The molecule has 2 heterocycles. The number of aromatic nitrogens is 2. The molecule has 0 radical (unpaired) electrons. The second kappa shape index (κ2) is 4.81. The number of aromatic amines is 2. The quantitative estimate of drug-likeness (QED) is 0.515. The summed E-state index contributed by atoms with van der Waals surface area (Å²) in [6, 6.07) is 17.4. The monoisotopic (exact) mass is 274 g/mol. The molecule has 104 valence electrons. The summed E-state index contributed by atoms with van der Waals surface area (Å²) in [6.45, 7) is 2.26. The first-order chi connectivity index (χ1) is 10.4. The van der Waals surface area contributed by atoms with Gasteiger partial charge in [0.15, 0.2) is 0 Å². The molecule has 1 unspecified atom stereocenters. The van der Waals surface area contributed by atoms with Crippen molar-refractivity contribution in [3.05, 3.63) is 72.1 Å². The van der Waals surface area contributed by atoms with Gasteiger partial charge in [0.25, 0.3) is 0 Å². The molecule has 2 heteroatoms. The summed E-state index contributed by atoms with van der Waals surface area (Å²) in [4.78, 5) is 6.66. The Morgan fingerprint density at radius 2 is 1.86 bits per heavy atom. The minimum absolute atomic E-state index is 0.431.